The van der Waals surface area contributed by atoms with E-state index in [1.165, 1.54) is 17.7 Å². The Bertz CT molecular complexity index is 988. The van der Waals surface area contributed by atoms with Gasteiger partial charge in [0.2, 0.25) is 0 Å². The summed E-state index contributed by atoms with van der Waals surface area (Å²) >= 11 is 1.44. The topological polar surface area (TPSA) is 103 Å². The molecule has 27 heavy (non-hydrogen) atoms. The number of nitrogens with two attached hydrogens (primary N) is 1. The van der Waals surface area contributed by atoms with E-state index >= 15 is 0 Å². The summed E-state index contributed by atoms with van der Waals surface area (Å²) < 4.78 is 5.21. The van der Waals surface area contributed by atoms with Crippen LogP contribution in [0.3, 0.4) is 0 Å². The highest BCUT2D eigenvalue weighted by Gasteiger charge is 2.30. The van der Waals surface area contributed by atoms with E-state index in [0.717, 1.165) is 22.5 Å². The van der Waals surface area contributed by atoms with E-state index in [9.17, 15) is 4.79 Å². The van der Waals surface area contributed by atoms with E-state index in [2.05, 4.69) is 20.3 Å². The second-order valence-electron chi connectivity index (χ2n) is 6.20. The lowest BCUT2D eigenvalue weighted by Gasteiger charge is -2.27. The molecule has 3 heterocycles. The van der Waals surface area contributed by atoms with Gasteiger partial charge in [0.25, 0.3) is 11.1 Å². The molecule has 7 nitrogen and oxygen atoms in total. The lowest BCUT2D eigenvalue weighted by Crippen LogP contribution is -2.37. The van der Waals surface area contributed by atoms with E-state index in [0.29, 0.717) is 35.8 Å². The summed E-state index contributed by atoms with van der Waals surface area (Å²) in [6, 6.07) is 7.76. The Morgan fingerprint density at radius 1 is 1.33 bits per heavy atom. The van der Waals surface area contributed by atoms with Crippen LogP contribution >= 0.6 is 11.3 Å². The van der Waals surface area contributed by atoms with E-state index < -0.39 is 0 Å². The first-order chi connectivity index (χ1) is 13.2. The lowest BCUT2D eigenvalue weighted by atomic mass is 9.90. The largest absolute Gasteiger partial charge is 0.473 e. The van der Waals surface area contributed by atoms with Crippen molar-refractivity contribution in [3.8, 4) is 16.5 Å². The number of fused-ring (bicyclic) bond motifs is 1. The molecule has 8 heteroatoms. The van der Waals surface area contributed by atoms with Gasteiger partial charge in [0, 0.05) is 23.8 Å². The molecule has 0 radical (unpaired) electrons. The van der Waals surface area contributed by atoms with Gasteiger partial charge in [-0.3, -0.25) is 4.79 Å². The fourth-order valence-corrected chi connectivity index (χ4v) is 4.02. The molecule has 2 aromatic heterocycles. The van der Waals surface area contributed by atoms with E-state index in [-0.39, 0.29) is 11.9 Å². The number of rotatable bonds is 5. The van der Waals surface area contributed by atoms with Crippen molar-refractivity contribution in [1.82, 2.24) is 20.3 Å². The number of aromatic nitrogens is 3. The van der Waals surface area contributed by atoms with Crippen LogP contribution in [0.5, 0.6) is 5.19 Å². The average molecular weight is 381 g/mol. The maximum Gasteiger partial charge on any atom is 0.273 e. The minimum Gasteiger partial charge on any atom is -0.473 e. The van der Waals surface area contributed by atoms with Gasteiger partial charge in [-0.05, 0) is 12.1 Å². The molecule has 0 saturated heterocycles. The molecule has 3 N–H and O–H groups in total. The van der Waals surface area contributed by atoms with E-state index in [1.54, 1.807) is 7.11 Å². The third-order valence-corrected chi connectivity index (χ3v) is 5.39. The minimum absolute atomic E-state index is 0.157. The van der Waals surface area contributed by atoms with Gasteiger partial charge in [0.15, 0.2) is 0 Å². The molecule has 0 spiro atoms. The Hall–Kier alpha value is -2.84. The zero-order valence-corrected chi connectivity index (χ0v) is 15.6. The van der Waals surface area contributed by atoms with Gasteiger partial charge in [-0.25, -0.2) is 15.0 Å². The molecule has 0 aliphatic carbocycles. The second kappa shape index (κ2) is 7.42. The number of benzene rings is 1. The van der Waals surface area contributed by atoms with Gasteiger partial charge in [0.1, 0.15) is 6.33 Å². The SMILES string of the molecule is COc1nc(-c2ccccc2C2Cc3ncnc(CCN)c3C(=O)N2)cs1. The fourth-order valence-electron chi connectivity index (χ4n) is 3.38. The van der Waals surface area contributed by atoms with Crippen LogP contribution in [0.15, 0.2) is 36.0 Å². The van der Waals surface area contributed by atoms with Gasteiger partial charge in [0.05, 0.1) is 35.8 Å². The lowest BCUT2D eigenvalue weighted by molar-refractivity contribution is 0.0922. The third kappa shape index (κ3) is 3.29. The van der Waals surface area contributed by atoms with E-state index in [4.69, 9.17) is 10.5 Å². The summed E-state index contributed by atoms with van der Waals surface area (Å²) in [6.07, 6.45) is 2.66. The quantitative estimate of drug-likeness (QED) is 0.702. The number of carbonyl (C=O) groups excluding carboxylic acids is 1. The Morgan fingerprint density at radius 2 is 2.19 bits per heavy atom. The van der Waals surface area contributed by atoms with Crippen LogP contribution in [-0.2, 0) is 12.8 Å². The van der Waals surface area contributed by atoms with Crippen LogP contribution < -0.4 is 15.8 Å². The van der Waals surface area contributed by atoms with Crippen molar-refractivity contribution in [2.45, 2.75) is 18.9 Å². The Morgan fingerprint density at radius 3 is 2.96 bits per heavy atom. The summed E-state index contributed by atoms with van der Waals surface area (Å²) in [7, 11) is 1.60. The number of hydrogen-bond donors (Lipinski definition) is 2. The highest BCUT2D eigenvalue weighted by atomic mass is 32.1. The first kappa shape index (κ1) is 17.6. The van der Waals surface area contributed by atoms with Gasteiger partial charge in [-0.15, -0.1) is 0 Å². The first-order valence-electron chi connectivity index (χ1n) is 8.63. The fraction of sp³-hybridized carbons (Fsp3) is 0.263. The molecule has 4 rings (SSSR count). The molecule has 1 aromatic carbocycles. The highest BCUT2D eigenvalue weighted by Crippen LogP contribution is 2.34. The summed E-state index contributed by atoms with van der Waals surface area (Å²) in [4.78, 5) is 25.9. The summed E-state index contributed by atoms with van der Waals surface area (Å²) in [5.41, 5.74) is 10.5. The number of thiazole rings is 1. The molecule has 3 aromatic rings. The molecular weight excluding hydrogens is 362 g/mol. The number of amides is 1. The van der Waals surface area contributed by atoms with Crippen molar-refractivity contribution >= 4 is 17.2 Å². The van der Waals surface area contributed by atoms with E-state index in [1.807, 2.05) is 29.6 Å². The van der Waals surface area contributed by atoms with Crippen molar-refractivity contribution < 1.29 is 9.53 Å². The summed E-state index contributed by atoms with van der Waals surface area (Å²) in [5, 5.41) is 5.67. The molecule has 0 bridgehead atoms. The zero-order valence-electron chi connectivity index (χ0n) is 14.8. The number of hydrogen-bond acceptors (Lipinski definition) is 7. The normalized spacial score (nSPS) is 15.9. The average Bonchev–Trinajstić information content (AvgIpc) is 3.17. The second-order valence-corrected chi connectivity index (χ2v) is 7.02. The molecular formula is C19H19N5O2S. The summed E-state index contributed by atoms with van der Waals surface area (Å²) in [6.45, 7) is 0.439. The first-order valence-corrected chi connectivity index (χ1v) is 9.51. The number of ether oxygens (including phenoxy) is 1. The summed E-state index contributed by atoms with van der Waals surface area (Å²) in [5.74, 6) is -0.157. The number of carbonyl (C=O) groups is 1. The smallest absolute Gasteiger partial charge is 0.273 e. The molecule has 0 saturated carbocycles. The van der Waals surface area contributed by atoms with Gasteiger partial charge in [-0.1, -0.05) is 35.6 Å². The van der Waals surface area contributed by atoms with Crippen LogP contribution in [0.4, 0.5) is 0 Å². The minimum atomic E-state index is -0.186. The molecule has 1 amide bonds. The van der Waals surface area contributed by atoms with Crippen LogP contribution in [-0.4, -0.2) is 34.5 Å². The highest BCUT2D eigenvalue weighted by molar-refractivity contribution is 7.11. The predicted molar refractivity (Wildman–Crippen MR) is 103 cm³/mol. The molecule has 138 valence electrons. The van der Waals surface area contributed by atoms with Crippen LogP contribution in [0.1, 0.15) is 33.4 Å². The Kier molecular flexibility index (Phi) is 4.83. The Labute approximate surface area is 160 Å². The van der Waals surface area contributed by atoms with Crippen molar-refractivity contribution in [3.05, 3.63) is 58.5 Å². The van der Waals surface area contributed by atoms with Crippen molar-refractivity contribution in [2.75, 3.05) is 13.7 Å². The standard InChI is InChI=1S/C19H19N5O2S/c1-26-19-24-16(9-27-19)12-5-3-2-4-11(12)14-8-15-17(18(25)23-14)13(6-7-20)21-10-22-15/h2-5,9-10,14H,6-8,20H2,1H3,(H,23,25). The van der Waals surface area contributed by atoms with Crippen molar-refractivity contribution in [2.24, 2.45) is 5.73 Å². The number of nitrogens with zero attached hydrogens (tertiary/aromatic N) is 3. The zero-order chi connectivity index (χ0) is 18.8. The van der Waals surface area contributed by atoms with Crippen molar-refractivity contribution in [3.63, 3.8) is 0 Å². The molecule has 0 fully saturated rings. The Balaban J connectivity index is 1.72. The van der Waals surface area contributed by atoms with Gasteiger partial charge >= 0.3 is 0 Å². The third-order valence-electron chi connectivity index (χ3n) is 4.59. The van der Waals surface area contributed by atoms with Crippen LogP contribution in [0.25, 0.3) is 11.3 Å². The van der Waals surface area contributed by atoms with Crippen LogP contribution in [0.2, 0.25) is 0 Å². The monoisotopic (exact) mass is 381 g/mol. The number of nitrogens with one attached hydrogen (secondary N) is 1. The maximum atomic E-state index is 12.8. The molecule has 1 aliphatic rings. The van der Waals surface area contributed by atoms with Crippen molar-refractivity contribution in [1.29, 1.82) is 0 Å². The van der Waals surface area contributed by atoms with Crippen LogP contribution in [0, 0.1) is 0 Å². The van der Waals surface area contributed by atoms with Gasteiger partial charge < -0.3 is 15.8 Å². The van der Waals surface area contributed by atoms with Gasteiger partial charge in [-0.2, -0.15) is 0 Å². The molecule has 1 atom stereocenters. The predicted octanol–water partition coefficient (Wildman–Crippen LogP) is 2.14. The number of methoxy groups -OCH3 is 1. The molecule has 1 unspecified atom stereocenters. The molecule has 1 aliphatic heterocycles. The maximum absolute atomic E-state index is 12.8.